The van der Waals surface area contributed by atoms with Gasteiger partial charge in [-0.2, -0.15) is 11.8 Å². The third-order valence-corrected chi connectivity index (χ3v) is 5.64. The van der Waals surface area contributed by atoms with Gasteiger partial charge in [0.15, 0.2) is 0 Å². The van der Waals surface area contributed by atoms with Gasteiger partial charge in [-0.05, 0) is 35.9 Å². The van der Waals surface area contributed by atoms with Crippen LogP contribution in [0.3, 0.4) is 0 Å². The molecule has 1 N–H and O–H groups in total. The van der Waals surface area contributed by atoms with Crippen molar-refractivity contribution in [3.63, 3.8) is 0 Å². The van der Waals surface area contributed by atoms with Gasteiger partial charge < -0.3 is 10.2 Å². The van der Waals surface area contributed by atoms with E-state index in [9.17, 15) is 14.0 Å². The minimum Gasteiger partial charge on any atom is -0.337 e. The first kappa shape index (κ1) is 21.9. The molecule has 0 aromatic heterocycles. The third-order valence-electron chi connectivity index (χ3n) is 4.69. The highest BCUT2D eigenvalue weighted by Crippen LogP contribution is 2.16. The topological polar surface area (TPSA) is 52.7 Å². The first-order chi connectivity index (χ1) is 14.5. The number of carbonyl (C=O) groups is 2. The molecule has 0 bridgehead atoms. The largest absolute Gasteiger partial charge is 0.337 e. The zero-order valence-corrected chi connectivity index (χ0v) is 17.5. The Kier molecular flexibility index (Phi) is 7.89. The van der Waals surface area contributed by atoms with Gasteiger partial charge >= 0.3 is 0 Å². The van der Waals surface area contributed by atoms with Crippen molar-refractivity contribution in [3.05, 3.63) is 65.5 Å². The molecule has 2 amide bonds. The molecular weight excluding hydrogens is 401 g/mol. The van der Waals surface area contributed by atoms with Crippen molar-refractivity contribution in [2.24, 2.45) is 0 Å². The van der Waals surface area contributed by atoms with Crippen LogP contribution >= 0.6 is 11.8 Å². The number of terminal acetylenes is 1. The molecule has 3 rings (SSSR count). The molecule has 2 aromatic carbocycles. The lowest BCUT2D eigenvalue weighted by Crippen LogP contribution is -2.38. The van der Waals surface area contributed by atoms with Crippen molar-refractivity contribution in [3.8, 4) is 12.3 Å². The molecule has 156 valence electrons. The van der Waals surface area contributed by atoms with E-state index in [-0.39, 0.29) is 30.7 Å². The van der Waals surface area contributed by atoms with Gasteiger partial charge in [0.1, 0.15) is 5.82 Å². The molecule has 0 atom stereocenters. The molecule has 1 saturated heterocycles. The lowest BCUT2D eigenvalue weighted by atomic mass is 10.1. The maximum absolute atomic E-state index is 13.1. The molecule has 7 heteroatoms. The van der Waals surface area contributed by atoms with E-state index in [0.717, 1.165) is 30.2 Å². The fourth-order valence-electron chi connectivity index (χ4n) is 3.23. The number of carbonyl (C=O) groups excluding carboxylic acids is 2. The smallest absolute Gasteiger partial charge is 0.253 e. The van der Waals surface area contributed by atoms with Crippen LogP contribution in [0.1, 0.15) is 15.9 Å². The molecular formula is C23H24FN3O2S. The van der Waals surface area contributed by atoms with Crippen molar-refractivity contribution in [2.75, 3.05) is 43.0 Å². The number of anilines is 1. The van der Waals surface area contributed by atoms with Gasteiger partial charge in [-0.3, -0.25) is 14.5 Å². The highest BCUT2D eigenvalue weighted by molar-refractivity contribution is 7.99. The van der Waals surface area contributed by atoms with Gasteiger partial charge in [0.2, 0.25) is 5.91 Å². The van der Waals surface area contributed by atoms with Crippen LogP contribution in [-0.4, -0.2) is 59.3 Å². The van der Waals surface area contributed by atoms with E-state index < -0.39 is 0 Å². The number of amides is 2. The molecule has 0 aliphatic carbocycles. The van der Waals surface area contributed by atoms with Crippen LogP contribution in [0.25, 0.3) is 0 Å². The Labute approximate surface area is 180 Å². The second kappa shape index (κ2) is 10.8. The minimum absolute atomic E-state index is 0.0170. The van der Waals surface area contributed by atoms with E-state index in [2.05, 4.69) is 11.2 Å². The van der Waals surface area contributed by atoms with Crippen LogP contribution in [0.5, 0.6) is 0 Å². The van der Waals surface area contributed by atoms with E-state index in [0.29, 0.717) is 17.8 Å². The number of nitrogens with zero attached hydrogens (tertiary/aromatic N) is 2. The second-order valence-corrected chi connectivity index (χ2v) is 8.23. The highest BCUT2D eigenvalue weighted by atomic mass is 32.2. The quantitative estimate of drug-likeness (QED) is 0.693. The zero-order chi connectivity index (χ0) is 21.3. The number of hydrogen-bond donors (Lipinski definition) is 1. The predicted octanol–water partition coefficient (Wildman–Crippen LogP) is 3.09. The standard InChI is InChI=1S/C23H24FN3O2S/c1-2-10-26(16-18-6-8-20(24)9-7-18)17-22(28)25-21-5-3-4-19(15-21)23(29)27-11-13-30-14-12-27/h1,3-9,15H,10-14,16-17H2,(H,25,28). The Balaban J connectivity index is 1.60. The van der Waals surface area contributed by atoms with E-state index in [1.807, 2.05) is 16.7 Å². The monoisotopic (exact) mass is 425 g/mol. The van der Waals surface area contributed by atoms with Crippen LogP contribution in [0.4, 0.5) is 10.1 Å². The first-order valence-corrected chi connectivity index (χ1v) is 10.9. The summed E-state index contributed by atoms with van der Waals surface area (Å²) in [5.41, 5.74) is 2.00. The molecule has 0 spiro atoms. The van der Waals surface area contributed by atoms with Gasteiger partial charge in [0.05, 0.1) is 13.1 Å². The maximum Gasteiger partial charge on any atom is 0.253 e. The highest BCUT2D eigenvalue weighted by Gasteiger charge is 2.19. The Morgan fingerprint density at radius 3 is 2.60 bits per heavy atom. The van der Waals surface area contributed by atoms with Crippen LogP contribution in [0.2, 0.25) is 0 Å². The summed E-state index contributed by atoms with van der Waals surface area (Å²) in [4.78, 5) is 28.9. The van der Waals surface area contributed by atoms with E-state index >= 15 is 0 Å². The van der Waals surface area contributed by atoms with Crippen LogP contribution in [0, 0.1) is 18.2 Å². The lowest BCUT2D eigenvalue weighted by Gasteiger charge is -2.26. The van der Waals surface area contributed by atoms with Gasteiger partial charge in [0, 0.05) is 42.4 Å². The number of rotatable bonds is 7. The van der Waals surface area contributed by atoms with Crippen LogP contribution in [0.15, 0.2) is 48.5 Å². The maximum atomic E-state index is 13.1. The predicted molar refractivity (Wildman–Crippen MR) is 119 cm³/mol. The van der Waals surface area contributed by atoms with Crippen LogP contribution < -0.4 is 5.32 Å². The fraction of sp³-hybridized carbons (Fsp3) is 0.304. The Bertz CT molecular complexity index is 921. The molecule has 2 aromatic rings. The molecule has 1 aliphatic rings. The van der Waals surface area contributed by atoms with Gasteiger partial charge in [-0.1, -0.05) is 24.1 Å². The van der Waals surface area contributed by atoms with Crippen molar-refractivity contribution in [2.45, 2.75) is 6.54 Å². The molecule has 1 heterocycles. The molecule has 5 nitrogen and oxygen atoms in total. The first-order valence-electron chi connectivity index (χ1n) is 9.72. The van der Waals surface area contributed by atoms with Gasteiger partial charge in [-0.25, -0.2) is 4.39 Å². The Morgan fingerprint density at radius 1 is 1.17 bits per heavy atom. The summed E-state index contributed by atoms with van der Waals surface area (Å²) in [7, 11) is 0. The summed E-state index contributed by atoms with van der Waals surface area (Å²) in [5.74, 6) is 3.89. The SMILES string of the molecule is C#CCN(CC(=O)Nc1cccc(C(=O)N2CCSCC2)c1)Cc1ccc(F)cc1. The Morgan fingerprint density at radius 2 is 1.90 bits per heavy atom. The summed E-state index contributed by atoms with van der Waals surface area (Å²) in [6, 6.07) is 13.1. The molecule has 0 saturated carbocycles. The number of nitrogens with one attached hydrogen (secondary N) is 1. The molecule has 1 aliphatic heterocycles. The zero-order valence-electron chi connectivity index (χ0n) is 16.6. The average molecular weight is 426 g/mol. The Hall–Kier alpha value is -2.82. The summed E-state index contributed by atoms with van der Waals surface area (Å²) in [5, 5.41) is 2.84. The van der Waals surface area contributed by atoms with E-state index in [1.165, 1.54) is 12.1 Å². The summed E-state index contributed by atoms with van der Waals surface area (Å²) < 4.78 is 13.1. The normalized spacial score (nSPS) is 13.7. The van der Waals surface area contributed by atoms with E-state index in [1.54, 1.807) is 41.3 Å². The van der Waals surface area contributed by atoms with Crippen molar-refractivity contribution < 1.29 is 14.0 Å². The minimum atomic E-state index is -0.308. The second-order valence-electron chi connectivity index (χ2n) is 7.01. The molecule has 0 radical (unpaired) electrons. The van der Waals surface area contributed by atoms with Crippen LogP contribution in [-0.2, 0) is 11.3 Å². The summed E-state index contributed by atoms with van der Waals surface area (Å²) in [6.07, 6.45) is 5.43. The summed E-state index contributed by atoms with van der Waals surface area (Å²) >= 11 is 1.85. The molecule has 1 fully saturated rings. The fourth-order valence-corrected chi connectivity index (χ4v) is 4.13. The van der Waals surface area contributed by atoms with Crippen molar-refractivity contribution >= 4 is 29.3 Å². The van der Waals surface area contributed by atoms with E-state index in [4.69, 9.17) is 6.42 Å². The van der Waals surface area contributed by atoms with Gasteiger partial charge in [0.25, 0.3) is 5.91 Å². The molecule has 30 heavy (non-hydrogen) atoms. The average Bonchev–Trinajstić information content (AvgIpc) is 2.75. The number of thioether (sulfide) groups is 1. The summed E-state index contributed by atoms with van der Waals surface area (Å²) in [6.45, 7) is 2.29. The lowest BCUT2D eigenvalue weighted by molar-refractivity contribution is -0.117. The van der Waals surface area contributed by atoms with Crippen molar-refractivity contribution in [1.29, 1.82) is 0 Å². The number of hydrogen-bond acceptors (Lipinski definition) is 4. The number of benzene rings is 2. The number of halogens is 1. The third kappa shape index (κ3) is 6.34. The molecule has 0 unspecified atom stereocenters. The van der Waals surface area contributed by atoms with Gasteiger partial charge in [-0.15, -0.1) is 6.42 Å². The van der Waals surface area contributed by atoms with Crippen molar-refractivity contribution in [1.82, 2.24) is 9.80 Å².